The molecule has 0 saturated heterocycles. The number of nitrogens with zero attached hydrogens (tertiary/aromatic N) is 3. The third kappa shape index (κ3) is 4.39. The standard InChI is InChI=1S/C21H25N3O3/c1-23-11-12-24(15-16-8-9-16)13-14-26-18-6-2-3-7-19(18)27-20-17(21(23)25)5-4-10-22-20/h2-7,10,16H,8-9,11-15H2,1H3. The molecular formula is C21H25N3O3. The van der Waals surface area contributed by atoms with Crippen LogP contribution in [0.25, 0.3) is 0 Å². The molecule has 0 radical (unpaired) electrons. The van der Waals surface area contributed by atoms with Crippen LogP contribution in [0.1, 0.15) is 23.2 Å². The Kier molecular flexibility index (Phi) is 5.25. The van der Waals surface area contributed by atoms with Gasteiger partial charge in [0.2, 0.25) is 5.88 Å². The maximum absolute atomic E-state index is 12.9. The maximum Gasteiger partial charge on any atom is 0.259 e. The second-order valence-corrected chi connectivity index (χ2v) is 7.22. The number of likely N-dealkylation sites (N-methyl/N-ethyl adjacent to an activating group) is 1. The van der Waals surface area contributed by atoms with Crippen molar-refractivity contribution in [1.29, 1.82) is 0 Å². The average Bonchev–Trinajstić information content (AvgIpc) is 3.50. The third-order valence-electron chi connectivity index (χ3n) is 5.03. The Bertz CT molecular complexity index is 807. The van der Waals surface area contributed by atoms with E-state index in [1.54, 1.807) is 23.2 Å². The van der Waals surface area contributed by atoms with Crippen molar-refractivity contribution >= 4 is 5.91 Å². The zero-order valence-electron chi connectivity index (χ0n) is 15.6. The normalized spacial score (nSPS) is 18.9. The van der Waals surface area contributed by atoms with E-state index in [4.69, 9.17) is 9.47 Å². The molecule has 0 spiro atoms. The first-order chi connectivity index (χ1) is 13.2. The lowest BCUT2D eigenvalue weighted by atomic mass is 10.2. The van der Waals surface area contributed by atoms with E-state index in [-0.39, 0.29) is 5.91 Å². The lowest BCUT2D eigenvalue weighted by Gasteiger charge is -2.25. The first-order valence-corrected chi connectivity index (χ1v) is 9.53. The molecule has 2 aliphatic rings. The van der Waals surface area contributed by atoms with Crippen LogP contribution >= 0.6 is 0 Å². The van der Waals surface area contributed by atoms with Crippen molar-refractivity contribution in [2.45, 2.75) is 12.8 Å². The highest BCUT2D eigenvalue weighted by atomic mass is 16.5. The molecule has 1 aliphatic heterocycles. The zero-order valence-corrected chi connectivity index (χ0v) is 15.6. The van der Waals surface area contributed by atoms with Gasteiger partial charge in [-0.05, 0) is 43.0 Å². The predicted octanol–water partition coefficient (Wildman–Crippen LogP) is 3.05. The molecule has 6 nitrogen and oxygen atoms in total. The number of carbonyl (C=O) groups is 1. The summed E-state index contributed by atoms with van der Waals surface area (Å²) >= 11 is 0. The molecule has 2 aromatic rings. The van der Waals surface area contributed by atoms with E-state index in [2.05, 4.69) is 9.88 Å². The number of benzene rings is 1. The molecule has 1 aromatic carbocycles. The molecule has 0 N–H and O–H groups in total. The molecule has 1 aliphatic carbocycles. The molecule has 27 heavy (non-hydrogen) atoms. The highest BCUT2D eigenvalue weighted by Crippen LogP contribution is 2.33. The first kappa shape index (κ1) is 17.8. The number of hydrogen-bond acceptors (Lipinski definition) is 5. The Morgan fingerprint density at radius 2 is 1.89 bits per heavy atom. The molecule has 1 aromatic heterocycles. The Hall–Kier alpha value is -2.60. The minimum atomic E-state index is -0.0814. The number of carbonyl (C=O) groups excluding carboxylic acids is 1. The molecule has 0 atom stereocenters. The number of rotatable bonds is 2. The fraction of sp³-hybridized carbons (Fsp3) is 0.429. The van der Waals surface area contributed by atoms with Crippen LogP contribution in [0.3, 0.4) is 0 Å². The molecule has 142 valence electrons. The van der Waals surface area contributed by atoms with Crippen molar-refractivity contribution in [2.24, 2.45) is 5.92 Å². The minimum Gasteiger partial charge on any atom is -0.488 e. The van der Waals surface area contributed by atoms with Crippen LogP contribution in [0.4, 0.5) is 0 Å². The summed E-state index contributed by atoms with van der Waals surface area (Å²) in [6.45, 7) is 3.98. The molecule has 0 bridgehead atoms. The molecule has 1 amide bonds. The Morgan fingerprint density at radius 3 is 2.70 bits per heavy atom. The van der Waals surface area contributed by atoms with Crippen molar-refractivity contribution < 1.29 is 14.3 Å². The summed E-state index contributed by atoms with van der Waals surface area (Å²) < 4.78 is 12.0. The summed E-state index contributed by atoms with van der Waals surface area (Å²) in [7, 11) is 1.83. The quantitative estimate of drug-likeness (QED) is 0.817. The Morgan fingerprint density at radius 1 is 1.07 bits per heavy atom. The monoisotopic (exact) mass is 367 g/mol. The van der Waals surface area contributed by atoms with E-state index in [9.17, 15) is 4.79 Å². The zero-order chi connectivity index (χ0) is 18.6. The number of fused-ring (bicyclic) bond motifs is 2. The van der Waals surface area contributed by atoms with Gasteiger partial charge in [0.1, 0.15) is 12.2 Å². The lowest BCUT2D eigenvalue weighted by molar-refractivity contribution is 0.0771. The van der Waals surface area contributed by atoms with Crippen molar-refractivity contribution in [2.75, 3.05) is 39.8 Å². The fourth-order valence-electron chi connectivity index (χ4n) is 3.24. The van der Waals surface area contributed by atoms with Gasteiger partial charge in [-0.15, -0.1) is 0 Å². The van der Waals surface area contributed by atoms with E-state index in [0.29, 0.717) is 36.1 Å². The van der Waals surface area contributed by atoms with Crippen LogP contribution in [-0.2, 0) is 0 Å². The molecular weight excluding hydrogens is 342 g/mol. The number of pyridine rings is 1. The van der Waals surface area contributed by atoms with Gasteiger partial charge in [-0.2, -0.15) is 0 Å². The summed E-state index contributed by atoms with van der Waals surface area (Å²) in [5.74, 6) is 2.25. The van der Waals surface area contributed by atoms with Gasteiger partial charge in [0.05, 0.1) is 0 Å². The van der Waals surface area contributed by atoms with Gasteiger partial charge in [0.25, 0.3) is 5.91 Å². The van der Waals surface area contributed by atoms with Gasteiger partial charge >= 0.3 is 0 Å². The van der Waals surface area contributed by atoms with Gasteiger partial charge < -0.3 is 14.4 Å². The largest absolute Gasteiger partial charge is 0.488 e. The molecule has 1 saturated carbocycles. The van der Waals surface area contributed by atoms with E-state index < -0.39 is 0 Å². The van der Waals surface area contributed by atoms with E-state index in [1.165, 1.54) is 12.8 Å². The Balaban J connectivity index is 1.64. The van der Waals surface area contributed by atoms with Crippen LogP contribution in [0.15, 0.2) is 42.6 Å². The highest BCUT2D eigenvalue weighted by Gasteiger charge is 2.25. The van der Waals surface area contributed by atoms with Crippen molar-refractivity contribution in [3.63, 3.8) is 0 Å². The summed E-state index contributed by atoms with van der Waals surface area (Å²) in [4.78, 5) is 21.4. The number of aromatic nitrogens is 1. The van der Waals surface area contributed by atoms with Crippen LogP contribution in [0.5, 0.6) is 17.4 Å². The number of amides is 1. The smallest absolute Gasteiger partial charge is 0.259 e. The van der Waals surface area contributed by atoms with Crippen LogP contribution in [-0.4, -0.2) is 60.5 Å². The lowest BCUT2D eigenvalue weighted by Crippen LogP contribution is -2.39. The van der Waals surface area contributed by atoms with Crippen molar-refractivity contribution in [3.05, 3.63) is 48.2 Å². The summed E-state index contributed by atoms with van der Waals surface area (Å²) in [5.41, 5.74) is 0.461. The first-order valence-electron chi connectivity index (χ1n) is 9.53. The predicted molar refractivity (Wildman–Crippen MR) is 102 cm³/mol. The Labute approximate surface area is 159 Å². The third-order valence-corrected chi connectivity index (χ3v) is 5.03. The maximum atomic E-state index is 12.9. The van der Waals surface area contributed by atoms with E-state index in [1.807, 2.05) is 31.3 Å². The minimum absolute atomic E-state index is 0.0814. The summed E-state index contributed by atoms with van der Waals surface area (Å²) in [5, 5.41) is 0. The van der Waals surface area contributed by atoms with Gasteiger partial charge in [0.15, 0.2) is 11.5 Å². The fourth-order valence-corrected chi connectivity index (χ4v) is 3.24. The summed E-state index contributed by atoms with van der Waals surface area (Å²) in [6.07, 6.45) is 4.24. The van der Waals surface area contributed by atoms with Crippen molar-refractivity contribution in [3.8, 4) is 17.4 Å². The molecule has 4 rings (SSSR count). The van der Waals surface area contributed by atoms with Crippen LogP contribution < -0.4 is 9.47 Å². The van der Waals surface area contributed by atoms with Gasteiger partial charge in [-0.25, -0.2) is 4.98 Å². The SMILES string of the molecule is CN1CCN(CC2CC2)CCOc2ccccc2Oc2ncccc2C1=O. The highest BCUT2D eigenvalue weighted by molar-refractivity contribution is 5.96. The topological polar surface area (TPSA) is 54.9 Å². The van der Waals surface area contributed by atoms with Crippen LogP contribution in [0, 0.1) is 5.92 Å². The second-order valence-electron chi connectivity index (χ2n) is 7.22. The van der Waals surface area contributed by atoms with Gasteiger partial charge in [-0.1, -0.05) is 12.1 Å². The molecule has 1 fully saturated rings. The number of ether oxygens (including phenoxy) is 2. The summed E-state index contributed by atoms with van der Waals surface area (Å²) in [6, 6.07) is 11.0. The van der Waals surface area contributed by atoms with E-state index in [0.717, 1.165) is 25.6 Å². The molecule has 6 heteroatoms. The second kappa shape index (κ2) is 7.96. The molecule has 0 unspecified atom stereocenters. The molecule has 2 heterocycles. The number of para-hydroxylation sites is 2. The van der Waals surface area contributed by atoms with Gasteiger partial charge in [0, 0.05) is 39.4 Å². The number of hydrogen-bond donors (Lipinski definition) is 0. The average molecular weight is 367 g/mol. The van der Waals surface area contributed by atoms with E-state index >= 15 is 0 Å². The van der Waals surface area contributed by atoms with Crippen molar-refractivity contribution in [1.82, 2.24) is 14.8 Å². The van der Waals surface area contributed by atoms with Crippen LogP contribution in [0.2, 0.25) is 0 Å². The van der Waals surface area contributed by atoms with Gasteiger partial charge in [-0.3, -0.25) is 9.69 Å².